The first kappa shape index (κ1) is 21.1. The van der Waals surface area contributed by atoms with Crippen LogP contribution in [-0.4, -0.2) is 68.8 Å². The summed E-state index contributed by atoms with van der Waals surface area (Å²) in [6, 6.07) is 0.355. The second-order valence-corrected chi connectivity index (χ2v) is 5.32. The molecule has 0 radical (unpaired) electrons. The molecule has 0 saturated heterocycles. The van der Waals surface area contributed by atoms with Gasteiger partial charge < -0.3 is 25.4 Å². The predicted molar refractivity (Wildman–Crippen MR) is 83.7 cm³/mol. The standard InChI is InChI=1S/C11H19N3O2S.C2H2O4/c1-8(2)12-4-9(15)7-16-10-5-13-11(17-3)14-6-10;3-1(4)2(5)6/h5-6,8-9,12,15H,4,7H2,1-3H3;(H,3,4)(H,5,6). The maximum atomic E-state index is 9.63. The molecule has 130 valence electrons. The van der Waals surface area contributed by atoms with E-state index in [1.165, 1.54) is 11.8 Å². The van der Waals surface area contributed by atoms with Gasteiger partial charge in [-0.2, -0.15) is 0 Å². The van der Waals surface area contributed by atoms with Crippen LogP contribution in [0.15, 0.2) is 17.6 Å². The summed E-state index contributed by atoms with van der Waals surface area (Å²) in [4.78, 5) is 26.4. The zero-order chi connectivity index (χ0) is 17.8. The van der Waals surface area contributed by atoms with E-state index < -0.39 is 18.0 Å². The first-order valence-corrected chi connectivity index (χ1v) is 7.85. The Morgan fingerprint density at radius 2 is 1.78 bits per heavy atom. The van der Waals surface area contributed by atoms with Crippen molar-refractivity contribution in [2.45, 2.75) is 31.1 Å². The van der Waals surface area contributed by atoms with E-state index in [1.54, 1.807) is 12.4 Å². The van der Waals surface area contributed by atoms with E-state index in [0.717, 1.165) is 0 Å². The third-order valence-electron chi connectivity index (χ3n) is 2.17. The monoisotopic (exact) mass is 347 g/mol. The topological polar surface area (TPSA) is 142 Å². The molecule has 0 aliphatic rings. The minimum Gasteiger partial charge on any atom is -0.488 e. The average Bonchev–Trinajstić information content (AvgIpc) is 2.51. The highest BCUT2D eigenvalue weighted by Gasteiger charge is 2.06. The van der Waals surface area contributed by atoms with Gasteiger partial charge in [-0.15, -0.1) is 0 Å². The maximum absolute atomic E-state index is 9.63. The number of aliphatic hydroxyl groups excluding tert-OH is 1. The van der Waals surface area contributed by atoms with Crippen molar-refractivity contribution in [3.05, 3.63) is 12.4 Å². The Balaban J connectivity index is 0.000000688. The summed E-state index contributed by atoms with van der Waals surface area (Å²) >= 11 is 1.48. The molecule has 0 amide bonds. The molecule has 1 aromatic heterocycles. The Bertz CT molecular complexity index is 471. The molecule has 0 aliphatic carbocycles. The van der Waals surface area contributed by atoms with Gasteiger partial charge in [0.05, 0.1) is 12.4 Å². The van der Waals surface area contributed by atoms with Gasteiger partial charge in [0, 0.05) is 12.6 Å². The second-order valence-electron chi connectivity index (χ2n) is 4.54. The van der Waals surface area contributed by atoms with Crippen molar-refractivity contribution in [3.63, 3.8) is 0 Å². The molecular weight excluding hydrogens is 326 g/mol. The molecule has 0 spiro atoms. The Hall–Kier alpha value is -1.91. The number of carboxylic acids is 2. The van der Waals surface area contributed by atoms with Gasteiger partial charge in [-0.3, -0.25) is 0 Å². The van der Waals surface area contributed by atoms with Crippen molar-refractivity contribution >= 4 is 23.7 Å². The van der Waals surface area contributed by atoms with Crippen LogP contribution in [0, 0.1) is 0 Å². The highest BCUT2D eigenvalue weighted by atomic mass is 32.2. The number of hydrogen-bond donors (Lipinski definition) is 4. The van der Waals surface area contributed by atoms with E-state index >= 15 is 0 Å². The summed E-state index contributed by atoms with van der Waals surface area (Å²) in [7, 11) is 0. The molecule has 1 heterocycles. The van der Waals surface area contributed by atoms with Crippen LogP contribution < -0.4 is 10.1 Å². The third kappa shape index (κ3) is 11.3. The lowest BCUT2D eigenvalue weighted by Crippen LogP contribution is -2.35. The van der Waals surface area contributed by atoms with E-state index in [2.05, 4.69) is 15.3 Å². The number of thioether (sulfide) groups is 1. The summed E-state index contributed by atoms with van der Waals surface area (Å²) in [5, 5.41) is 28.3. The zero-order valence-electron chi connectivity index (χ0n) is 13.1. The van der Waals surface area contributed by atoms with E-state index in [0.29, 0.717) is 23.5 Å². The Labute approximate surface area is 138 Å². The largest absolute Gasteiger partial charge is 0.488 e. The fourth-order valence-electron chi connectivity index (χ4n) is 1.11. The molecule has 0 aromatic carbocycles. The van der Waals surface area contributed by atoms with Crippen LogP contribution in [0.1, 0.15) is 13.8 Å². The summed E-state index contributed by atoms with van der Waals surface area (Å²) in [5.41, 5.74) is 0. The molecule has 0 bridgehead atoms. The lowest BCUT2D eigenvalue weighted by Gasteiger charge is -2.14. The fourth-order valence-corrected chi connectivity index (χ4v) is 1.42. The fraction of sp³-hybridized carbons (Fsp3) is 0.538. The Morgan fingerprint density at radius 1 is 1.26 bits per heavy atom. The number of nitrogens with zero attached hydrogens (tertiary/aromatic N) is 2. The van der Waals surface area contributed by atoms with Gasteiger partial charge >= 0.3 is 11.9 Å². The Kier molecular flexibility index (Phi) is 10.7. The van der Waals surface area contributed by atoms with Crippen LogP contribution in [-0.2, 0) is 9.59 Å². The van der Waals surface area contributed by atoms with Crippen molar-refractivity contribution in [3.8, 4) is 5.75 Å². The second kappa shape index (κ2) is 11.6. The highest BCUT2D eigenvalue weighted by Crippen LogP contribution is 2.11. The molecule has 1 unspecified atom stereocenters. The summed E-state index contributed by atoms with van der Waals surface area (Å²) in [5.74, 6) is -3.07. The highest BCUT2D eigenvalue weighted by molar-refractivity contribution is 7.98. The van der Waals surface area contributed by atoms with Gasteiger partial charge in [-0.05, 0) is 6.26 Å². The zero-order valence-corrected chi connectivity index (χ0v) is 13.9. The quantitative estimate of drug-likeness (QED) is 0.304. The third-order valence-corrected chi connectivity index (χ3v) is 2.75. The normalized spacial score (nSPS) is 11.3. The summed E-state index contributed by atoms with van der Waals surface area (Å²) < 4.78 is 5.38. The summed E-state index contributed by atoms with van der Waals surface area (Å²) in [6.07, 6.45) is 4.61. The minimum atomic E-state index is -1.82. The van der Waals surface area contributed by atoms with Crippen LogP contribution in [0.25, 0.3) is 0 Å². The van der Waals surface area contributed by atoms with Crippen molar-refractivity contribution < 1.29 is 29.6 Å². The number of aromatic nitrogens is 2. The molecule has 4 N–H and O–H groups in total. The molecular formula is C13H21N3O6S. The maximum Gasteiger partial charge on any atom is 0.414 e. The molecule has 0 aliphatic heterocycles. The number of aliphatic hydroxyl groups is 1. The number of ether oxygens (including phenoxy) is 1. The van der Waals surface area contributed by atoms with Crippen molar-refractivity contribution in [1.29, 1.82) is 0 Å². The van der Waals surface area contributed by atoms with Crippen LogP contribution in [0.4, 0.5) is 0 Å². The van der Waals surface area contributed by atoms with E-state index in [9.17, 15) is 5.11 Å². The smallest absolute Gasteiger partial charge is 0.414 e. The lowest BCUT2D eigenvalue weighted by atomic mass is 10.3. The SMILES string of the molecule is CSc1ncc(OCC(O)CNC(C)C)cn1.O=C(O)C(=O)O. The van der Waals surface area contributed by atoms with Gasteiger partial charge in [0.1, 0.15) is 12.7 Å². The number of nitrogens with one attached hydrogen (secondary N) is 1. The molecule has 1 aromatic rings. The minimum absolute atomic E-state index is 0.238. The summed E-state index contributed by atoms with van der Waals surface area (Å²) in [6.45, 7) is 4.81. The molecule has 0 fully saturated rings. The van der Waals surface area contributed by atoms with Gasteiger partial charge in [0.25, 0.3) is 0 Å². The number of carboxylic acid groups (broad SMARTS) is 2. The number of aliphatic carboxylic acids is 2. The molecule has 10 heteroatoms. The first-order valence-electron chi connectivity index (χ1n) is 6.62. The number of hydrogen-bond acceptors (Lipinski definition) is 8. The molecule has 0 saturated carbocycles. The molecule has 1 atom stereocenters. The average molecular weight is 347 g/mol. The predicted octanol–water partition coefficient (Wildman–Crippen LogP) is 0.0918. The number of carbonyl (C=O) groups is 2. The van der Waals surface area contributed by atoms with Crippen molar-refractivity contribution in [2.75, 3.05) is 19.4 Å². The van der Waals surface area contributed by atoms with Crippen LogP contribution in [0.2, 0.25) is 0 Å². The van der Waals surface area contributed by atoms with E-state index in [-0.39, 0.29) is 6.61 Å². The van der Waals surface area contributed by atoms with E-state index in [1.807, 2.05) is 20.1 Å². The first-order chi connectivity index (χ1) is 10.8. The van der Waals surface area contributed by atoms with Crippen molar-refractivity contribution in [2.24, 2.45) is 0 Å². The van der Waals surface area contributed by atoms with Crippen LogP contribution in [0.3, 0.4) is 0 Å². The van der Waals surface area contributed by atoms with Gasteiger partial charge in [-0.25, -0.2) is 19.6 Å². The van der Waals surface area contributed by atoms with Gasteiger partial charge in [0.2, 0.25) is 0 Å². The Morgan fingerprint density at radius 3 is 2.17 bits per heavy atom. The number of rotatable bonds is 7. The van der Waals surface area contributed by atoms with Crippen LogP contribution in [0.5, 0.6) is 5.75 Å². The molecule has 9 nitrogen and oxygen atoms in total. The van der Waals surface area contributed by atoms with Gasteiger partial charge in [-0.1, -0.05) is 25.6 Å². The lowest BCUT2D eigenvalue weighted by molar-refractivity contribution is -0.159. The van der Waals surface area contributed by atoms with E-state index in [4.69, 9.17) is 24.5 Å². The van der Waals surface area contributed by atoms with Crippen molar-refractivity contribution in [1.82, 2.24) is 15.3 Å². The van der Waals surface area contributed by atoms with Gasteiger partial charge in [0.15, 0.2) is 10.9 Å². The van der Waals surface area contributed by atoms with Crippen LogP contribution >= 0.6 is 11.8 Å². The molecule has 23 heavy (non-hydrogen) atoms. The molecule has 1 rings (SSSR count).